The van der Waals surface area contributed by atoms with Crippen molar-refractivity contribution < 1.29 is 24.5 Å². The number of amides is 1. The molecule has 2 unspecified atom stereocenters. The fraction of sp³-hybridized carbons (Fsp3) is 0.900. The fourth-order valence-corrected chi connectivity index (χ4v) is 9.16. The van der Waals surface area contributed by atoms with Gasteiger partial charge in [0, 0.05) is 12.8 Å². The Bertz CT molecular complexity index is 1030. The molecule has 390 valence electrons. The number of rotatable bonds is 55. The summed E-state index contributed by atoms with van der Waals surface area (Å²) in [4.78, 5) is 24.5. The summed E-state index contributed by atoms with van der Waals surface area (Å²) >= 11 is 0. The van der Waals surface area contributed by atoms with Gasteiger partial charge in [0.15, 0.2) is 0 Å². The Morgan fingerprint density at radius 2 is 0.712 bits per heavy atom. The third-order valence-electron chi connectivity index (χ3n) is 13.7. The van der Waals surface area contributed by atoms with Crippen LogP contribution in [0.25, 0.3) is 0 Å². The highest BCUT2D eigenvalue weighted by atomic mass is 16.5. The third-order valence-corrected chi connectivity index (χ3v) is 13.7. The highest BCUT2D eigenvalue weighted by Gasteiger charge is 2.18. The lowest BCUT2D eigenvalue weighted by molar-refractivity contribution is -0.143. The van der Waals surface area contributed by atoms with Crippen molar-refractivity contribution in [2.45, 2.75) is 334 Å². The van der Waals surface area contributed by atoms with Crippen LogP contribution in [-0.2, 0) is 14.3 Å². The van der Waals surface area contributed by atoms with Crippen LogP contribution in [0.15, 0.2) is 24.3 Å². The van der Waals surface area contributed by atoms with Gasteiger partial charge in [-0.3, -0.25) is 9.59 Å². The second kappa shape index (κ2) is 55.9. The lowest BCUT2D eigenvalue weighted by Gasteiger charge is -2.20. The van der Waals surface area contributed by atoms with Crippen LogP contribution in [-0.4, -0.2) is 47.4 Å². The molecule has 0 saturated heterocycles. The lowest BCUT2D eigenvalue weighted by Crippen LogP contribution is -2.45. The minimum Gasteiger partial charge on any atom is -0.466 e. The van der Waals surface area contributed by atoms with Crippen molar-refractivity contribution in [1.82, 2.24) is 5.32 Å². The van der Waals surface area contributed by atoms with Crippen molar-refractivity contribution >= 4 is 11.9 Å². The van der Waals surface area contributed by atoms with Crippen LogP contribution in [0.5, 0.6) is 0 Å². The van der Waals surface area contributed by atoms with Crippen LogP contribution in [0, 0.1) is 0 Å². The first kappa shape index (κ1) is 64.3. The number of aliphatic hydroxyl groups is 2. The number of esters is 1. The van der Waals surface area contributed by atoms with Gasteiger partial charge in [-0.05, 0) is 57.8 Å². The van der Waals surface area contributed by atoms with Gasteiger partial charge in [0.05, 0.1) is 25.4 Å². The number of unbranched alkanes of at least 4 members (excludes halogenated alkanes) is 42. The van der Waals surface area contributed by atoms with Crippen molar-refractivity contribution in [2.75, 3.05) is 13.2 Å². The molecule has 3 N–H and O–H groups in total. The Hall–Kier alpha value is -1.66. The van der Waals surface area contributed by atoms with Gasteiger partial charge in [-0.2, -0.15) is 0 Å². The Morgan fingerprint density at radius 3 is 1.08 bits per heavy atom. The molecule has 0 bridgehead atoms. The number of aliphatic hydroxyl groups excluding tert-OH is 2. The quantitative estimate of drug-likeness (QED) is 0.0321. The second-order valence-electron chi connectivity index (χ2n) is 20.3. The molecule has 0 aliphatic heterocycles. The summed E-state index contributed by atoms with van der Waals surface area (Å²) in [5, 5.41) is 23.2. The zero-order valence-corrected chi connectivity index (χ0v) is 44.4. The molecule has 0 saturated carbocycles. The molecule has 0 radical (unpaired) electrons. The maximum atomic E-state index is 12.5. The Labute approximate surface area is 411 Å². The van der Waals surface area contributed by atoms with Gasteiger partial charge in [-0.15, -0.1) is 0 Å². The molecule has 0 aromatic carbocycles. The molecule has 0 spiro atoms. The minimum atomic E-state index is -0.851. The molecule has 0 aliphatic carbocycles. The number of carbonyl (C=O) groups is 2. The number of ether oxygens (including phenoxy) is 1. The summed E-state index contributed by atoms with van der Waals surface area (Å²) in [5.74, 6) is -0.0721. The average Bonchev–Trinajstić information content (AvgIpc) is 3.32. The normalized spacial score (nSPS) is 12.7. The van der Waals surface area contributed by atoms with Gasteiger partial charge < -0.3 is 20.3 Å². The molecule has 6 heteroatoms. The lowest BCUT2D eigenvalue weighted by atomic mass is 10.0. The van der Waals surface area contributed by atoms with E-state index in [1.54, 1.807) is 6.08 Å². The third kappa shape index (κ3) is 51.7. The summed E-state index contributed by atoms with van der Waals surface area (Å²) in [5.41, 5.74) is 0. The summed E-state index contributed by atoms with van der Waals surface area (Å²) < 4.78 is 5.46. The Kier molecular flexibility index (Phi) is 54.5. The van der Waals surface area contributed by atoms with E-state index in [2.05, 4.69) is 31.3 Å². The number of hydrogen-bond donors (Lipinski definition) is 3. The molecule has 0 aromatic heterocycles. The maximum Gasteiger partial charge on any atom is 0.305 e. The van der Waals surface area contributed by atoms with Gasteiger partial charge in [0.2, 0.25) is 5.91 Å². The van der Waals surface area contributed by atoms with E-state index in [1.807, 2.05) is 6.08 Å². The molecule has 0 rings (SSSR count). The largest absolute Gasteiger partial charge is 0.466 e. The van der Waals surface area contributed by atoms with Gasteiger partial charge >= 0.3 is 5.97 Å². The monoisotopic (exact) mass is 930 g/mol. The van der Waals surface area contributed by atoms with Crippen LogP contribution in [0.1, 0.15) is 322 Å². The van der Waals surface area contributed by atoms with Crippen LogP contribution in [0.4, 0.5) is 0 Å². The van der Waals surface area contributed by atoms with Crippen molar-refractivity contribution in [1.29, 1.82) is 0 Å². The van der Waals surface area contributed by atoms with Gasteiger partial charge in [-0.1, -0.05) is 276 Å². The van der Waals surface area contributed by atoms with E-state index in [0.29, 0.717) is 19.4 Å². The van der Waals surface area contributed by atoms with Crippen molar-refractivity contribution in [3.05, 3.63) is 24.3 Å². The number of allylic oxidation sites excluding steroid dienone is 3. The first-order chi connectivity index (χ1) is 32.5. The topological polar surface area (TPSA) is 95.9 Å². The first-order valence-electron chi connectivity index (χ1n) is 29.6. The molecule has 0 fully saturated rings. The molecule has 66 heavy (non-hydrogen) atoms. The highest BCUT2D eigenvalue weighted by Crippen LogP contribution is 2.17. The predicted octanol–water partition coefficient (Wildman–Crippen LogP) is 18.2. The van der Waals surface area contributed by atoms with Crippen LogP contribution in [0.2, 0.25) is 0 Å². The Morgan fingerprint density at radius 1 is 0.409 bits per heavy atom. The van der Waals surface area contributed by atoms with Crippen molar-refractivity contribution in [3.8, 4) is 0 Å². The smallest absolute Gasteiger partial charge is 0.305 e. The summed E-state index contributed by atoms with van der Waals surface area (Å²) in [6.45, 7) is 4.90. The first-order valence-corrected chi connectivity index (χ1v) is 29.6. The average molecular weight is 931 g/mol. The van der Waals surface area contributed by atoms with E-state index in [9.17, 15) is 19.8 Å². The fourth-order valence-electron chi connectivity index (χ4n) is 9.16. The van der Waals surface area contributed by atoms with Crippen LogP contribution < -0.4 is 5.32 Å². The molecule has 0 aromatic rings. The van der Waals surface area contributed by atoms with Gasteiger partial charge in [0.25, 0.3) is 0 Å². The van der Waals surface area contributed by atoms with Crippen molar-refractivity contribution in [3.63, 3.8) is 0 Å². The second-order valence-corrected chi connectivity index (χ2v) is 20.3. The zero-order chi connectivity index (χ0) is 47.9. The standard InChI is InChI=1S/C60H115NO5/c1-3-5-7-9-11-13-15-16-17-18-20-23-26-29-33-36-40-44-48-52-58(63)57(56-62)61-59(64)53-49-45-41-37-34-30-27-24-21-19-22-25-28-31-35-39-43-47-51-55-66-60(65)54-50-46-42-38-32-14-12-10-8-6-4-2/h19,21,48,52,57-58,62-63H,3-18,20,22-47,49-51,53-56H2,1-2H3,(H,61,64)/b21-19-,52-48+. The molecular weight excluding hydrogens is 815 g/mol. The van der Waals surface area contributed by atoms with Crippen LogP contribution in [0.3, 0.4) is 0 Å². The SMILES string of the molecule is CCCCCCCCCCCCCCCCCCC/C=C/C(O)C(CO)NC(=O)CCCCCCCCC/C=C\CCCCCCCCCCOC(=O)CCCCCCCCCCCCC. The summed E-state index contributed by atoms with van der Waals surface area (Å²) in [6.07, 6.45) is 67.7. The van der Waals surface area contributed by atoms with E-state index in [-0.39, 0.29) is 18.5 Å². The minimum absolute atomic E-state index is 0.00310. The van der Waals surface area contributed by atoms with E-state index in [4.69, 9.17) is 4.74 Å². The maximum absolute atomic E-state index is 12.5. The number of hydrogen-bond acceptors (Lipinski definition) is 5. The predicted molar refractivity (Wildman–Crippen MR) is 287 cm³/mol. The number of carbonyl (C=O) groups excluding carboxylic acids is 2. The zero-order valence-electron chi connectivity index (χ0n) is 44.4. The van der Waals surface area contributed by atoms with Crippen molar-refractivity contribution in [2.24, 2.45) is 0 Å². The molecule has 2 atom stereocenters. The molecule has 0 heterocycles. The molecular formula is C60H115NO5. The molecule has 6 nitrogen and oxygen atoms in total. The summed E-state index contributed by atoms with van der Waals surface area (Å²) in [7, 11) is 0. The van der Waals surface area contributed by atoms with E-state index in [0.717, 1.165) is 51.4 Å². The molecule has 0 aliphatic rings. The van der Waals surface area contributed by atoms with Gasteiger partial charge in [-0.25, -0.2) is 0 Å². The van der Waals surface area contributed by atoms with Crippen LogP contribution >= 0.6 is 0 Å². The summed E-state index contributed by atoms with van der Waals surface area (Å²) in [6, 6.07) is -0.635. The van der Waals surface area contributed by atoms with E-state index in [1.165, 1.54) is 244 Å². The van der Waals surface area contributed by atoms with E-state index < -0.39 is 12.1 Å². The van der Waals surface area contributed by atoms with Gasteiger partial charge in [0.1, 0.15) is 0 Å². The highest BCUT2D eigenvalue weighted by molar-refractivity contribution is 5.76. The Balaban J connectivity index is 3.48. The van der Waals surface area contributed by atoms with E-state index >= 15 is 0 Å². The number of nitrogens with one attached hydrogen (secondary N) is 1. The molecule has 1 amide bonds.